The van der Waals surface area contributed by atoms with Crippen LogP contribution in [0, 0.1) is 0 Å². The normalized spacial score (nSPS) is 21.8. The lowest BCUT2D eigenvalue weighted by molar-refractivity contribution is -0.181. The smallest absolute Gasteiger partial charge is 0.274 e. The average Bonchev–Trinajstić information content (AvgIpc) is 2.88. The number of hydrogen-bond donors (Lipinski definition) is 0. The second kappa shape index (κ2) is 5.03. The summed E-state index contributed by atoms with van der Waals surface area (Å²) in [6, 6.07) is 0. The molecule has 0 atom stereocenters. The summed E-state index contributed by atoms with van der Waals surface area (Å²) in [7, 11) is 0. The molecule has 0 radical (unpaired) electrons. The Hall–Kier alpha value is -1.24. The van der Waals surface area contributed by atoms with Crippen LogP contribution in [0.25, 0.3) is 0 Å². The lowest BCUT2D eigenvalue weighted by atomic mass is 10.0. The van der Waals surface area contributed by atoms with E-state index >= 15 is 0 Å². The van der Waals surface area contributed by atoms with Gasteiger partial charge in [-0.25, -0.2) is 9.97 Å². The van der Waals surface area contributed by atoms with Gasteiger partial charge in [0.05, 0.1) is 25.6 Å². The summed E-state index contributed by atoms with van der Waals surface area (Å²) in [5, 5.41) is 0.280. The van der Waals surface area contributed by atoms with E-state index in [1.807, 2.05) is 0 Å². The Bertz CT molecular complexity index is 464. The number of ether oxygens (including phenoxy) is 2. The van der Waals surface area contributed by atoms with E-state index in [0.717, 1.165) is 0 Å². The molecular weight excluding hydrogens is 270 g/mol. The molecule has 6 nitrogen and oxygen atoms in total. The quantitative estimate of drug-likeness (QED) is 0.772. The van der Waals surface area contributed by atoms with Gasteiger partial charge >= 0.3 is 0 Å². The van der Waals surface area contributed by atoms with Crippen LogP contribution in [0.1, 0.15) is 23.3 Å². The molecule has 0 unspecified atom stereocenters. The Morgan fingerprint density at radius 1 is 1.21 bits per heavy atom. The average molecular weight is 284 g/mol. The Labute approximate surface area is 115 Å². The predicted octanol–water partition coefficient (Wildman–Crippen LogP) is 1.11. The van der Waals surface area contributed by atoms with Crippen molar-refractivity contribution >= 4 is 17.5 Å². The third kappa shape index (κ3) is 2.56. The summed E-state index contributed by atoms with van der Waals surface area (Å²) in [4.78, 5) is 21.8. The fourth-order valence-corrected chi connectivity index (χ4v) is 2.52. The van der Waals surface area contributed by atoms with Gasteiger partial charge in [0.25, 0.3) is 5.91 Å². The molecule has 0 bridgehead atoms. The van der Waals surface area contributed by atoms with Gasteiger partial charge in [0.2, 0.25) is 0 Å². The minimum Gasteiger partial charge on any atom is -0.347 e. The van der Waals surface area contributed by atoms with Crippen molar-refractivity contribution in [2.24, 2.45) is 0 Å². The third-order valence-corrected chi connectivity index (χ3v) is 3.66. The maximum atomic E-state index is 12.2. The first-order valence-electron chi connectivity index (χ1n) is 6.23. The van der Waals surface area contributed by atoms with Crippen molar-refractivity contribution < 1.29 is 14.3 Å². The Kier molecular flexibility index (Phi) is 3.38. The highest BCUT2D eigenvalue weighted by molar-refractivity contribution is 6.29. The molecule has 2 saturated heterocycles. The molecule has 3 heterocycles. The maximum absolute atomic E-state index is 12.2. The van der Waals surface area contributed by atoms with Crippen LogP contribution < -0.4 is 0 Å². The minimum atomic E-state index is -0.470. The predicted molar refractivity (Wildman–Crippen MR) is 66.8 cm³/mol. The standard InChI is InChI=1S/C12H14ClN3O3/c13-10-8-14-9(7-15-10)11(17)16-3-1-12(2-4-16)18-5-6-19-12/h7-8H,1-6H2. The molecule has 0 saturated carbocycles. The molecule has 2 fully saturated rings. The van der Waals surface area contributed by atoms with Gasteiger partial charge in [0.1, 0.15) is 10.8 Å². The van der Waals surface area contributed by atoms with Crippen LogP contribution in [0.3, 0.4) is 0 Å². The SMILES string of the molecule is O=C(c1cnc(Cl)cn1)N1CCC2(CC1)OCCO2. The molecule has 3 rings (SSSR count). The Balaban J connectivity index is 1.64. The molecule has 1 aromatic rings. The van der Waals surface area contributed by atoms with Crippen molar-refractivity contribution in [3.8, 4) is 0 Å². The summed E-state index contributed by atoms with van der Waals surface area (Å²) in [6.07, 6.45) is 4.17. The number of halogens is 1. The van der Waals surface area contributed by atoms with Gasteiger partial charge in [-0.05, 0) is 0 Å². The minimum absolute atomic E-state index is 0.128. The number of amides is 1. The highest BCUT2D eigenvalue weighted by atomic mass is 35.5. The molecular formula is C12H14ClN3O3. The van der Waals surface area contributed by atoms with Crippen molar-refractivity contribution in [1.82, 2.24) is 14.9 Å². The summed E-state index contributed by atoms with van der Waals surface area (Å²) in [6.45, 7) is 2.47. The Morgan fingerprint density at radius 2 is 1.89 bits per heavy atom. The van der Waals surface area contributed by atoms with Crippen molar-refractivity contribution in [3.63, 3.8) is 0 Å². The monoisotopic (exact) mass is 283 g/mol. The largest absolute Gasteiger partial charge is 0.347 e. The Morgan fingerprint density at radius 3 is 2.47 bits per heavy atom. The molecule has 7 heteroatoms. The number of likely N-dealkylation sites (tertiary alicyclic amines) is 1. The van der Waals surface area contributed by atoms with Gasteiger partial charge in [-0.2, -0.15) is 0 Å². The number of rotatable bonds is 1. The number of aromatic nitrogens is 2. The van der Waals surface area contributed by atoms with Crippen LogP contribution in [-0.2, 0) is 9.47 Å². The highest BCUT2D eigenvalue weighted by Crippen LogP contribution is 2.31. The summed E-state index contributed by atoms with van der Waals surface area (Å²) < 4.78 is 11.3. The first-order valence-corrected chi connectivity index (χ1v) is 6.61. The van der Waals surface area contributed by atoms with E-state index in [0.29, 0.717) is 44.8 Å². The lowest BCUT2D eigenvalue weighted by Crippen LogP contribution is -2.47. The zero-order valence-corrected chi connectivity index (χ0v) is 11.1. The number of carbonyl (C=O) groups excluding carboxylic acids is 1. The van der Waals surface area contributed by atoms with E-state index in [-0.39, 0.29) is 11.1 Å². The number of carbonyl (C=O) groups is 1. The van der Waals surface area contributed by atoms with Gasteiger partial charge in [-0.15, -0.1) is 0 Å². The first-order chi connectivity index (χ1) is 9.19. The van der Waals surface area contributed by atoms with Gasteiger partial charge < -0.3 is 14.4 Å². The van der Waals surface area contributed by atoms with E-state index in [1.165, 1.54) is 12.4 Å². The first kappa shape index (κ1) is 12.8. The fourth-order valence-electron chi connectivity index (χ4n) is 2.42. The molecule has 0 aromatic carbocycles. The van der Waals surface area contributed by atoms with Crippen LogP contribution in [0.5, 0.6) is 0 Å². The molecule has 0 aliphatic carbocycles. The van der Waals surface area contributed by atoms with Crippen molar-refractivity contribution in [3.05, 3.63) is 23.2 Å². The van der Waals surface area contributed by atoms with Crippen LogP contribution in [0.2, 0.25) is 5.15 Å². The summed E-state index contributed by atoms with van der Waals surface area (Å²) in [5.41, 5.74) is 0.314. The van der Waals surface area contributed by atoms with Crippen molar-refractivity contribution in [2.75, 3.05) is 26.3 Å². The van der Waals surface area contributed by atoms with Gasteiger partial charge in [-0.3, -0.25) is 4.79 Å². The zero-order valence-electron chi connectivity index (χ0n) is 10.3. The van der Waals surface area contributed by atoms with Gasteiger partial charge in [0, 0.05) is 25.9 Å². The van der Waals surface area contributed by atoms with E-state index in [9.17, 15) is 4.79 Å². The molecule has 1 amide bonds. The van der Waals surface area contributed by atoms with Gasteiger partial charge in [-0.1, -0.05) is 11.6 Å². The van der Waals surface area contributed by atoms with Crippen LogP contribution in [0.4, 0.5) is 0 Å². The zero-order chi connectivity index (χ0) is 13.3. The molecule has 1 aromatic heterocycles. The topological polar surface area (TPSA) is 64.6 Å². The molecule has 1 spiro atoms. The second-order valence-electron chi connectivity index (χ2n) is 4.62. The van der Waals surface area contributed by atoms with Crippen molar-refractivity contribution in [1.29, 1.82) is 0 Å². The van der Waals surface area contributed by atoms with Crippen LogP contribution in [-0.4, -0.2) is 52.9 Å². The summed E-state index contributed by atoms with van der Waals surface area (Å²) >= 11 is 5.65. The molecule has 2 aliphatic rings. The summed E-state index contributed by atoms with van der Waals surface area (Å²) in [5.74, 6) is -0.598. The molecule has 102 valence electrons. The highest BCUT2D eigenvalue weighted by Gasteiger charge is 2.41. The third-order valence-electron chi connectivity index (χ3n) is 3.47. The molecule has 0 N–H and O–H groups in total. The van der Waals surface area contributed by atoms with Crippen molar-refractivity contribution in [2.45, 2.75) is 18.6 Å². The molecule has 2 aliphatic heterocycles. The maximum Gasteiger partial charge on any atom is 0.274 e. The van der Waals surface area contributed by atoms with E-state index in [2.05, 4.69) is 9.97 Å². The van der Waals surface area contributed by atoms with Crippen LogP contribution >= 0.6 is 11.6 Å². The number of nitrogens with zero attached hydrogens (tertiary/aromatic N) is 3. The number of piperidine rings is 1. The lowest BCUT2D eigenvalue weighted by Gasteiger charge is -2.37. The fraction of sp³-hybridized carbons (Fsp3) is 0.583. The molecule has 19 heavy (non-hydrogen) atoms. The van der Waals surface area contributed by atoms with E-state index in [4.69, 9.17) is 21.1 Å². The second-order valence-corrected chi connectivity index (χ2v) is 5.01. The van der Waals surface area contributed by atoms with Gasteiger partial charge in [0.15, 0.2) is 5.79 Å². The van der Waals surface area contributed by atoms with Crippen LogP contribution in [0.15, 0.2) is 12.4 Å². The van der Waals surface area contributed by atoms with E-state index in [1.54, 1.807) is 4.90 Å². The number of hydrogen-bond acceptors (Lipinski definition) is 5. The van der Waals surface area contributed by atoms with E-state index < -0.39 is 5.79 Å².